The molecule has 15 heteroatoms. The van der Waals surface area contributed by atoms with E-state index in [9.17, 15) is 31.5 Å². The lowest BCUT2D eigenvalue weighted by Gasteiger charge is -2.29. The van der Waals surface area contributed by atoms with Crippen LogP contribution < -0.4 is 10.6 Å². The molecule has 3 heterocycles. The second-order valence-corrected chi connectivity index (χ2v) is 12.3. The zero-order valence-electron chi connectivity index (χ0n) is 22.0. The van der Waals surface area contributed by atoms with Crippen molar-refractivity contribution in [3.05, 3.63) is 39.0 Å². The van der Waals surface area contributed by atoms with Gasteiger partial charge in [-0.3, -0.25) is 18.8 Å². The van der Waals surface area contributed by atoms with Gasteiger partial charge in [0, 0.05) is 48.3 Å². The molecule has 0 unspecified atom stereocenters. The molecule has 41 heavy (non-hydrogen) atoms. The molecule has 1 amide bonds. The van der Waals surface area contributed by atoms with Crippen LogP contribution in [-0.2, 0) is 31.1 Å². The third-order valence-corrected chi connectivity index (χ3v) is 9.43. The van der Waals surface area contributed by atoms with Crippen molar-refractivity contribution in [3.8, 4) is 0 Å². The quantitative estimate of drug-likeness (QED) is 0.328. The topological polar surface area (TPSA) is 107 Å². The normalized spacial score (nSPS) is 24.6. The van der Waals surface area contributed by atoms with Gasteiger partial charge in [0.2, 0.25) is 5.95 Å². The van der Waals surface area contributed by atoms with E-state index in [-0.39, 0.29) is 24.1 Å². The average Bonchev–Trinajstić information content (AvgIpc) is 3.27. The molecule has 3 aliphatic carbocycles. The van der Waals surface area contributed by atoms with Crippen LogP contribution in [0.4, 0.5) is 33.7 Å². The summed E-state index contributed by atoms with van der Waals surface area (Å²) in [5.41, 5.74) is 0.692. The van der Waals surface area contributed by atoms with Gasteiger partial charge in [-0.15, -0.1) is 21.5 Å². The SMILES string of the molecule is Cn1nc(C(F)F)cc1Nc1nncn1[C@H]1CCc2sc(CC(=O)[C@H]3CC3(F)F)c(C(=O)NCC3CC(F)C3)c2C1. The lowest BCUT2D eigenvalue weighted by molar-refractivity contribution is -0.121. The number of amides is 1. The Labute approximate surface area is 235 Å². The maximum atomic E-state index is 13.6. The van der Waals surface area contributed by atoms with Gasteiger partial charge in [0.1, 0.15) is 29.8 Å². The molecule has 2 atom stereocenters. The smallest absolute Gasteiger partial charge is 0.282 e. The minimum atomic E-state index is -2.99. The summed E-state index contributed by atoms with van der Waals surface area (Å²) in [5, 5.41) is 17.7. The van der Waals surface area contributed by atoms with Crippen LogP contribution in [0.5, 0.6) is 0 Å². The van der Waals surface area contributed by atoms with Gasteiger partial charge in [-0.05, 0) is 43.6 Å². The van der Waals surface area contributed by atoms with E-state index in [0.717, 1.165) is 10.4 Å². The van der Waals surface area contributed by atoms with Gasteiger partial charge in [-0.2, -0.15) is 5.10 Å². The lowest BCUT2D eigenvalue weighted by atomic mass is 9.83. The number of hydrogen-bond donors (Lipinski definition) is 2. The van der Waals surface area contributed by atoms with Crippen LogP contribution >= 0.6 is 11.3 Å². The van der Waals surface area contributed by atoms with Gasteiger partial charge in [-0.25, -0.2) is 22.0 Å². The first kappa shape index (κ1) is 27.8. The van der Waals surface area contributed by atoms with Crippen molar-refractivity contribution in [1.82, 2.24) is 29.9 Å². The highest BCUT2D eigenvalue weighted by atomic mass is 32.1. The van der Waals surface area contributed by atoms with Crippen LogP contribution in [0.15, 0.2) is 12.4 Å². The Morgan fingerprint density at radius 3 is 2.68 bits per heavy atom. The van der Waals surface area contributed by atoms with Crippen LogP contribution in [0.25, 0.3) is 0 Å². The van der Waals surface area contributed by atoms with E-state index >= 15 is 0 Å². The number of fused-ring (bicyclic) bond motifs is 1. The van der Waals surface area contributed by atoms with Crippen LogP contribution in [-0.4, -0.2) is 54.9 Å². The van der Waals surface area contributed by atoms with Crippen molar-refractivity contribution >= 4 is 34.8 Å². The summed E-state index contributed by atoms with van der Waals surface area (Å²) >= 11 is 1.31. The fourth-order valence-electron chi connectivity index (χ4n) is 5.67. The highest BCUT2D eigenvalue weighted by Gasteiger charge is 2.60. The molecule has 0 aliphatic heterocycles. The predicted octanol–water partition coefficient (Wildman–Crippen LogP) is 4.73. The molecule has 2 saturated carbocycles. The number of aromatic nitrogens is 5. The van der Waals surface area contributed by atoms with E-state index in [0.29, 0.717) is 60.9 Å². The monoisotopic (exact) mass is 597 g/mol. The summed E-state index contributed by atoms with van der Waals surface area (Å²) in [7, 11) is 1.52. The predicted molar refractivity (Wildman–Crippen MR) is 139 cm³/mol. The average molecular weight is 598 g/mol. The summed E-state index contributed by atoms with van der Waals surface area (Å²) in [6.07, 6.45) is -0.428. The number of nitrogens with zero attached hydrogens (tertiary/aromatic N) is 5. The standard InChI is InChI=1S/C26H28F5N7O2S/c1-37-21(7-17(36-37)23(28)29)34-25-35-33-11-38(25)14-2-3-19-15(6-14)22(24(40)32-10-12-4-13(27)5-12)20(41-19)8-18(39)16-9-26(16,30)31/h7,11-14,16,23H,2-6,8-10H2,1H3,(H,32,40)(H,34,35)/t12?,13?,14-,16+/m0/s1. The minimum Gasteiger partial charge on any atom is -0.352 e. The number of carbonyl (C=O) groups excluding carboxylic acids is 2. The van der Waals surface area contributed by atoms with Crippen molar-refractivity contribution in [2.24, 2.45) is 18.9 Å². The molecule has 0 spiro atoms. The largest absolute Gasteiger partial charge is 0.352 e. The van der Waals surface area contributed by atoms with Gasteiger partial charge < -0.3 is 10.6 Å². The Morgan fingerprint density at radius 1 is 1.27 bits per heavy atom. The number of aryl methyl sites for hydroxylation is 2. The third kappa shape index (κ3) is 5.47. The van der Waals surface area contributed by atoms with Crippen LogP contribution in [0.2, 0.25) is 0 Å². The van der Waals surface area contributed by atoms with Gasteiger partial charge in [0.05, 0.1) is 11.5 Å². The fraction of sp³-hybridized carbons (Fsp3) is 0.577. The van der Waals surface area contributed by atoms with E-state index in [2.05, 4.69) is 25.9 Å². The lowest BCUT2D eigenvalue weighted by Crippen LogP contribution is -2.37. The number of halogens is 5. The Balaban J connectivity index is 1.25. The van der Waals surface area contributed by atoms with E-state index in [1.807, 2.05) is 0 Å². The molecule has 0 aromatic carbocycles. The molecule has 3 aromatic rings. The number of hydrogen-bond acceptors (Lipinski definition) is 7. The molecule has 2 fully saturated rings. The summed E-state index contributed by atoms with van der Waals surface area (Å²) in [6.45, 7) is 0.298. The molecule has 2 N–H and O–H groups in total. The summed E-state index contributed by atoms with van der Waals surface area (Å²) < 4.78 is 69.8. The van der Waals surface area contributed by atoms with Crippen LogP contribution in [0, 0.1) is 11.8 Å². The Kier molecular flexibility index (Phi) is 7.10. The van der Waals surface area contributed by atoms with Gasteiger partial charge in [0.25, 0.3) is 18.3 Å². The fourth-order valence-corrected chi connectivity index (χ4v) is 7.02. The number of carbonyl (C=O) groups is 2. The molecular weight excluding hydrogens is 569 g/mol. The molecule has 0 saturated heterocycles. The van der Waals surface area contributed by atoms with Crippen molar-refractivity contribution in [1.29, 1.82) is 0 Å². The molecule has 3 aromatic heterocycles. The van der Waals surface area contributed by atoms with Crippen molar-refractivity contribution in [2.45, 2.75) is 69.5 Å². The molecule has 0 bridgehead atoms. The number of Topliss-reactive ketones (excluding diaryl/α,β-unsaturated/α-hetero) is 1. The molecule has 0 radical (unpaired) electrons. The summed E-state index contributed by atoms with van der Waals surface area (Å²) in [6, 6.07) is 1.02. The first-order chi connectivity index (χ1) is 19.5. The van der Waals surface area contributed by atoms with E-state index in [1.165, 1.54) is 35.5 Å². The summed E-state index contributed by atoms with van der Waals surface area (Å²) in [5.74, 6) is -4.64. The minimum absolute atomic E-state index is 0.0367. The van der Waals surface area contributed by atoms with Crippen molar-refractivity contribution < 1.29 is 31.5 Å². The Hall–Kier alpha value is -3.36. The third-order valence-electron chi connectivity index (χ3n) is 8.14. The van der Waals surface area contributed by atoms with Crippen molar-refractivity contribution in [3.63, 3.8) is 0 Å². The zero-order chi connectivity index (χ0) is 29.1. The van der Waals surface area contributed by atoms with E-state index in [1.54, 1.807) is 4.57 Å². The molecule has 220 valence electrons. The van der Waals surface area contributed by atoms with Crippen LogP contribution in [0.3, 0.4) is 0 Å². The Bertz CT molecular complexity index is 1480. The van der Waals surface area contributed by atoms with Crippen LogP contribution in [0.1, 0.15) is 69.5 Å². The van der Waals surface area contributed by atoms with Gasteiger partial charge in [0.15, 0.2) is 0 Å². The van der Waals surface area contributed by atoms with E-state index in [4.69, 9.17) is 0 Å². The highest BCUT2D eigenvalue weighted by molar-refractivity contribution is 7.12. The molecule has 9 nitrogen and oxygen atoms in total. The first-order valence-corrected chi connectivity index (χ1v) is 14.3. The zero-order valence-corrected chi connectivity index (χ0v) is 22.9. The first-order valence-electron chi connectivity index (χ1n) is 13.4. The van der Waals surface area contributed by atoms with Gasteiger partial charge in [-0.1, -0.05) is 0 Å². The number of alkyl halides is 5. The second-order valence-electron chi connectivity index (χ2n) is 11.1. The highest BCUT2D eigenvalue weighted by Crippen LogP contribution is 2.50. The number of nitrogens with one attached hydrogen (secondary N) is 2. The maximum absolute atomic E-state index is 13.6. The van der Waals surface area contributed by atoms with Crippen molar-refractivity contribution in [2.75, 3.05) is 11.9 Å². The number of rotatable bonds is 10. The summed E-state index contributed by atoms with van der Waals surface area (Å²) in [4.78, 5) is 27.5. The molecule has 6 rings (SSSR count). The number of thiophene rings is 1. The Morgan fingerprint density at radius 2 is 2.02 bits per heavy atom. The number of anilines is 2. The van der Waals surface area contributed by atoms with E-state index < -0.39 is 42.5 Å². The van der Waals surface area contributed by atoms with Gasteiger partial charge >= 0.3 is 0 Å². The second kappa shape index (κ2) is 10.5. The number of ketones is 1. The maximum Gasteiger partial charge on any atom is 0.282 e. The molecular formula is C26H28F5N7O2S. The molecule has 3 aliphatic rings.